The van der Waals surface area contributed by atoms with Gasteiger partial charge in [-0.25, -0.2) is 15.0 Å². The second-order valence-corrected chi connectivity index (χ2v) is 9.76. The number of piperazine rings is 1. The van der Waals surface area contributed by atoms with Crippen LogP contribution in [0.5, 0.6) is 0 Å². The van der Waals surface area contributed by atoms with Crippen molar-refractivity contribution in [1.82, 2.24) is 19.9 Å². The van der Waals surface area contributed by atoms with E-state index in [9.17, 15) is 0 Å². The molecule has 34 heavy (non-hydrogen) atoms. The Hall–Kier alpha value is -3.29. The number of nitrogens with zero attached hydrogens (tertiary/aromatic N) is 5. The van der Waals surface area contributed by atoms with Gasteiger partial charge in [-0.05, 0) is 26.5 Å². The minimum Gasteiger partial charge on any atom is -0.366 e. The van der Waals surface area contributed by atoms with E-state index in [1.807, 2.05) is 6.92 Å². The molecule has 0 unspecified atom stereocenters. The molecule has 0 atom stereocenters. The number of hydrogen-bond acceptors (Lipinski definition) is 7. The van der Waals surface area contributed by atoms with Crippen molar-refractivity contribution in [1.29, 1.82) is 0 Å². The van der Waals surface area contributed by atoms with Crippen molar-refractivity contribution in [3.63, 3.8) is 0 Å². The lowest BCUT2D eigenvalue weighted by Gasteiger charge is -2.33. The lowest BCUT2D eigenvalue weighted by Crippen LogP contribution is -2.44. The fourth-order valence-corrected chi connectivity index (χ4v) is 4.90. The molecule has 7 heteroatoms. The SMILES string of the molecule is Cc1ccc(-c2csc(-c3ccc(CNc4cc(N5CCN(C)CC5)nc(C)n4)cc3)n2)cc1. The Morgan fingerprint density at radius 1 is 0.853 bits per heavy atom. The first-order valence-electron chi connectivity index (χ1n) is 11.7. The minimum absolute atomic E-state index is 0.714. The number of anilines is 2. The Kier molecular flexibility index (Phi) is 6.56. The molecule has 1 aliphatic rings. The second-order valence-electron chi connectivity index (χ2n) is 8.90. The molecule has 1 aliphatic heterocycles. The van der Waals surface area contributed by atoms with E-state index in [2.05, 4.69) is 99.0 Å². The molecule has 174 valence electrons. The van der Waals surface area contributed by atoms with E-state index in [-0.39, 0.29) is 0 Å². The van der Waals surface area contributed by atoms with Crippen LogP contribution in [0.2, 0.25) is 0 Å². The van der Waals surface area contributed by atoms with Gasteiger partial charge < -0.3 is 15.1 Å². The summed E-state index contributed by atoms with van der Waals surface area (Å²) in [4.78, 5) is 18.8. The Morgan fingerprint density at radius 3 is 2.29 bits per heavy atom. The Balaban J connectivity index is 1.23. The Labute approximate surface area is 205 Å². The molecule has 1 saturated heterocycles. The third-order valence-corrected chi connectivity index (χ3v) is 7.07. The molecule has 2 aromatic heterocycles. The lowest BCUT2D eigenvalue weighted by molar-refractivity contribution is 0.312. The predicted octanol–water partition coefficient (Wildman–Crippen LogP) is 5.25. The number of likely N-dealkylation sites (N-methyl/N-ethyl adjacent to an activating group) is 1. The highest BCUT2D eigenvalue weighted by atomic mass is 32.1. The van der Waals surface area contributed by atoms with Crippen molar-refractivity contribution in [3.05, 3.63) is 76.9 Å². The molecule has 0 amide bonds. The maximum absolute atomic E-state index is 4.85. The summed E-state index contributed by atoms with van der Waals surface area (Å²) >= 11 is 1.68. The van der Waals surface area contributed by atoms with Crippen LogP contribution in [0.1, 0.15) is 17.0 Å². The summed E-state index contributed by atoms with van der Waals surface area (Å²) in [6.07, 6.45) is 0. The zero-order valence-electron chi connectivity index (χ0n) is 20.0. The summed E-state index contributed by atoms with van der Waals surface area (Å²) in [5.74, 6) is 2.67. The van der Waals surface area contributed by atoms with Crippen molar-refractivity contribution < 1.29 is 0 Å². The van der Waals surface area contributed by atoms with Gasteiger partial charge in [0.25, 0.3) is 0 Å². The number of aryl methyl sites for hydroxylation is 2. The Bertz CT molecular complexity index is 1240. The van der Waals surface area contributed by atoms with Crippen LogP contribution in [-0.2, 0) is 6.54 Å². The quantitative estimate of drug-likeness (QED) is 0.415. The highest BCUT2D eigenvalue weighted by molar-refractivity contribution is 7.13. The van der Waals surface area contributed by atoms with E-state index in [0.717, 1.165) is 65.5 Å². The first kappa shape index (κ1) is 22.5. The van der Waals surface area contributed by atoms with Gasteiger partial charge >= 0.3 is 0 Å². The van der Waals surface area contributed by atoms with E-state index < -0.39 is 0 Å². The van der Waals surface area contributed by atoms with Gasteiger partial charge in [0.2, 0.25) is 0 Å². The molecule has 0 aliphatic carbocycles. The first-order chi connectivity index (χ1) is 16.5. The van der Waals surface area contributed by atoms with Gasteiger partial charge in [0, 0.05) is 55.3 Å². The van der Waals surface area contributed by atoms with E-state index in [4.69, 9.17) is 4.98 Å². The molecule has 2 aromatic carbocycles. The van der Waals surface area contributed by atoms with E-state index in [1.54, 1.807) is 11.3 Å². The summed E-state index contributed by atoms with van der Waals surface area (Å²) in [6, 6.07) is 19.2. The fraction of sp³-hybridized carbons (Fsp3) is 0.296. The normalized spacial score (nSPS) is 14.4. The van der Waals surface area contributed by atoms with Gasteiger partial charge in [-0.15, -0.1) is 11.3 Å². The average molecular weight is 471 g/mol. The molecule has 4 aromatic rings. The zero-order valence-corrected chi connectivity index (χ0v) is 20.8. The zero-order chi connectivity index (χ0) is 23.5. The van der Waals surface area contributed by atoms with Crippen LogP contribution >= 0.6 is 11.3 Å². The van der Waals surface area contributed by atoms with Crippen LogP contribution in [0.15, 0.2) is 60.0 Å². The molecule has 1 fully saturated rings. The third-order valence-electron chi connectivity index (χ3n) is 6.18. The second kappa shape index (κ2) is 9.91. The standard InChI is InChI=1S/C27H30N6S/c1-19-4-8-22(9-5-19)24-18-34-27(31-24)23-10-6-21(7-11-23)17-28-25-16-26(30-20(2)29-25)33-14-12-32(3)13-15-33/h4-11,16,18H,12-15,17H2,1-3H3,(H,28,29,30). The van der Waals surface area contributed by atoms with Crippen LogP contribution in [0.25, 0.3) is 21.8 Å². The third kappa shape index (κ3) is 5.26. The van der Waals surface area contributed by atoms with Crippen molar-refractivity contribution in [2.24, 2.45) is 0 Å². The van der Waals surface area contributed by atoms with Crippen molar-refractivity contribution in [2.45, 2.75) is 20.4 Å². The van der Waals surface area contributed by atoms with Gasteiger partial charge in [-0.1, -0.05) is 54.1 Å². The van der Waals surface area contributed by atoms with E-state index >= 15 is 0 Å². The summed E-state index contributed by atoms with van der Waals surface area (Å²) < 4.78 is 0. The smallest absolute Gasteiger partial charge is 0.134 e. The maximum Gasteiger partial charge on any atom is 0.134 e. The summed E-state index contributed by atoms with van der Waals surface area (Å²) in [6.45, 7) is 8.88. The summed E-state index contributed by atoms with van der Waals surface area (Å²) in [7, 11) is 2.16. The molecular formula is C27H30N6S. The number of benzene rings is 2. The number of nitrogens with one attached hydrogen (secondary N) is 1. The van der Waals surface area contributed by atoms with Crippen molar-refractivity contribution >= 4 is 23.0 Å². The molecule has 0 radical (unpaired) electrons. The van der Waals surface area contributed by atoms with Crippen molar-refractivity contribution in [2.75, 3.05) is 43.4 Å². The van der Waals surface area contributed by atoms with Crippen LogP contribution in [0.4, 0.5) is 11.6 Å². The molecule has 0 bridgehead atoms. The van der Waals surface area contributed by atoms with Gasteiger partial charge in [-0.3, -0.25) is 0 Å². The van der Waals surface area contributed by atoms with Crippen LogP contribution < -0.4 is 10.2 Å². The highest BCUT2D eigenvalue weighted by Crippen LogP contribution is 2.29. The fourth-order valence-electron chi connectivity index (χ4n) is 4.06. The lowest BCUT2D eigenvalue weighted by atomic mass is 10.1. The molecule has 3 heterocycles. The monoisotopic (exact) mass is 470 g/mol. The highest BCUT2D eigenvalue weighted by Gasteiger charge is 2.16. The molecule has 1 N–H and O–H groups in total. The number of rotatable bonds is 6. The molecule has 0 saturated carbocycles. The van der Waals surface area contributed by atoms with Gasteiger partial charge in [-0.2, -0.15) is 0 Å². The van der Waals surface area contributed by atoms with Crippen LogP contribution in [-0.4, -0.2) is 53.1 Å². The van der Waals surface area contributed by atoms with Crippen LogP contribution in [0, 0.1) is 13.8 Å². The van der Waals surface area contributed by atoms with E-state index in [0.29, 0.717) is 6.54 Å². The minimum atomic E-state index is 0.714. The largest absolute Gasteiger partial charge is 0.366 e. The first-order valence-corrected chi connectivity index (χ1v) is 12.6. The molecule has 6 nitrogen and oxygen atoms in total. The number of thiazole rings is 1. The molecule has 5 rings (SSSR count). The predicted molar refractivity (Wildman–Crippen MR) is 142 cm³/mol. The van der Waals surface area contributed by atoms with Gasteiger partial charge in [0.05, 0.1) is 5.69 Å². The van der Waals surface area contributed by atoms with Gasteiger partial charge in [0.1, 0.15) is 22.5 Å². The van der Waals surface area contributed by atoms with Gasteiger partial charge in [0.15, 0.2) is 0 Å². The molecule has 0 spiro atoms. The molecular weight excluding hydrogens is 440 g/mol. The maximum atomic E-state index is 4.85. The summed E-state index contributed by atoms with van der Waals surface area (Å²) in [5, 5.41) is 6.65. The Morgan fingerprint density at radius 2 is 1.56 bits per heavy atom. The average Bonchev–Trinajstić information content (AvgIpc) is 3.34. The summed E-state index contributed by atoms with van der Waals surface area (Å²) in [5.41, 5.74) is 5.79. The number of hydrogen-bond donors (Lipinski definition) is 1. The van der Waals surface area contributed by atoms with Crippen LogP contribution in [0.3, 0.4) is 0 Å². The van der Waals surface area contributed by atoms with E-state index in [1.165, 1.54) is 11.1 Å². The topological polar surface area (TPSA) is 57.2 Å². The number of aromatic nitrogens is 3. The van der Waals surface area contributed by atoms with Crippen molar-refractivity contribution in [3.8, 4) is 21.8 Å².